The summed E-state index contributed by atoms with van der Waals surface area (Å²) in [6.45, 7) is 2.59. The number of nitrogens with one attached hydrogen (secondary N) is 1. The fourth-order valence-electron chi connectivity index (χ4n) is 4.53. The van der Waals surface area contributed by atoms with E-state index in [1.54, 1.807) is 17.1 Å². The zero-order valence-corrected chi connectivity index (χ0v) is 20.4. The largest absolute Gasteiger partial charge is 0.345 e. The molecule has 1 fully saturated rings. The van der Waals surface area contributed by atoms with Gasteiger partial charge in [-0.3, -0.25) is 4.79 Å². The molecule has 0 atom stereocenters. The van der Waals surface area contributed by atoms with Gasteiger partial charge in [-0.25, -0.2) is 19.0 Å². The highest BCUT2D eigenvalue weighted by Crippen LogP contribution is 2.40. The highest BCUT2D eigenvalue weighted by molar-refractivity contribution is 6.31. The summed E-state index contributed by atoms with van der Waals surface area (Å²) >= 11 is 5.89. The number of hydrogen-bond acceptors (Lipinski definition) is 5. The van der Waals surface area contributed by atoms with Gasteiger partial charge in [0.1, 0.15) is 11.2 Å². The van der Waals surface area contributed by atoms with Crippen molar-refractivity contribution in [3.05, 3.63) is 82.3 Å². The van der Waals surface area contributed by atoms with E-state index in [4.69, 9.17) is 16.6 Å². The molecule has 1 N–H and O–H groups in total. The van der Waals surface area contributed by atoms with Crippen LogP contribution < -0.4 is 5.32 Å². The molecule has 6 rings (SSSR count). The first-order valence-electron chi connectivity index (χ1n) is 12.0. The number of aryl methyl sites for hydroxylation is 1. The van der Waals surface area contributed by atoms with Gasteiger partial charge in [0, 0.05) is 18.6 Å². The lowest BCUT2D eigenvalue weighted by Crippen LogP contribution is -2.23. The number of aromatic nitrogens is 7. The maximum atomic E-state index is 14.4. The Bertz CT molecular complexity index is 1600. The van der Waals surface area contributed by atoms with Crippen molar-refractivity contribution in [2.45, 2.75) is 51.6 Å². The number of halogens is 2. The lowest BCUT2D eigenvalue weighted by molar-refractivity contribution is 0.0945. The predicted molar refractivity (Wildman–Crippen MR) is 132 cm³/mol. The van der Waals surface area contributed by atoms with Gasteiger partial charge in [0.25, 0.3) is 5.91 Å². The molecule has 5 aromatic heterocycles. The fourth-order valence-corrected chi connectivity index (χ4v) is 4.67. The molecular weight excluding hydrogens is 483 g/mol. The Kier molecular flexibility index (Phi) is 5.67. The van der Waals surface area contributed by atoms with Crippen molar-refractivity contribution in [1.82, 2.24) is 39.1 Å². The van der Waals surface area contributed by atoms with Crippen molar-refractivity contribution in [3.63, 3.8) is 0 Å². The van der Waals surface area contributed by atoms with Gasteiger partial charge in [-0.2, -0.15) is 0 Å². The van der Waals surface area contributed by atoms with Crippen LogP contribution in [0.5, 0.6) is 0 Å². The van der Waals surface area contributed by atoms with Crippen LogP contribution in [-0.2, 0) is 19.5 Å². The standard InChI is InChI=1S/C25H24ClFN8O/c1-2-3-16-8-17(15-4-5-15)10-34-11-18(30-24(16)34)12-35-13-21(31-32-35)25(36)28-9-20-23-22(27)19(26)6-7-33(23)14-29-20/h6-8,10-11,13-15H,2-5,9,12H2,1H3,(H,28,36). The number of nitrogens with zero attached hydrogens (tertiary/aromatic N) is 7. The summed E-state index contributed by atoms with van der Waals surface area (Å²) in [5.74, 6) is -0.342. The Morgan fingerprint density at radius 1 is 1.25 bits per heavy atom. The Morgan fingerprint density at radius 3 is 2.92 bits per heavy atom. The molecule has 0 unspecified atom stereocenters. The van der Waals surface area contributed by atoms with E-state index in [0.717, 1.165) is 24.2 Å². The van der Waals surface area contributed by atoms with Crippen LogP contribution in [-0.4, -0.2) is 39.7 Å². The van der Waals surface area contributed by atoms with Crippen LogP contribution in [0.2, 0.25) is 5.02 Å². The van der Waals surface area contributed by atoms with Gasteiger partial charge in [0.05, 0.1) is 42.0 Å². The van der Waals surface area contributed by atoms with Crippen molar-refractivity contribution in [2.75, 3.05) is 0 Å². The molecule has 1 amide bonds. The third-order valence-corrected chi connectivity index (χ3v) is 6.74. The van der Waals surface area contributed by atoms with E-state index < -0.39 is 11.7 Å². The quantitative estimate of drug-likeness (QED) is 0.341. The van der Waals surface area contributed by atoms with E-state index in [-0.39, 0.29) is 22.8 Å². The molecular formula is C25H24ClFN8O. The molecule has 0 bridgehead atoms. The third-order valence-electron chi connectivity index (χ3n) is 6.45. The Morgan fingerprint density at radius 2 is 2.11 bits per heavy atom. The topological polar surface area (TPSA) is 94.4 Å². The molecule has 1 aliphatic rings. The van der Waals surface area contributed by atoms with Crippen LogP contribution in [0.15, 0.2) is 43.2 Å². The number of hydrogen-bond donors (Lipinski definition) is 1. The molecule has 0 saturated heterocycles. The minimum absolute atomic E-state index is 0.00366. The molecule has 36 heavy (non-hydrogen) atoms. The summed E-state index contributed by atoms with van der Waals surface area (Å²) in [6.07, 6.45) is 13.4. The monoisotopic (exact) mass is 506 g/mol. The number of fused-ring (bicyclic) bond motifs is 2. The van der Waals surface area contributed by atoms with Crippen molar-refractivity contribution in [3.8, 4) is 0 Å². The normalized spacial score (nSPS) is 13.6. The summed E-state index contributed by atoms with van der Waals surface area (Å²) < 4.78 is 19.6. The minimum Gasteiger partial charge on any atom is -0.345 e. The van der Waals surface area contributed by atoms with E-state index in [1.807, 2.05) is 6.20 Å². The number of rotatable bonds is 8. The van der Waals surface area contributed by atoms with Crippen LogP contribution in [0, 0.1) is 5.82 Å². The second-order valence-corrected chi connectivity index (χ2v) is 9.60. The predicted octanol–water partition coefficient (Wildman–Crippen LogP) is 4.17. The molecule has 0 aromatic carbocycles. The number of carbonyl (C=O) groups is 1. The van der Waals surface area contributed by atoms with Gasteiger partial charge in [-0.05, 0) is 42.4 Å². The Hall–Kier alpha value is -3.79. The number of imidazole rings is 2. The zero-order valence-electron chi connectivity index (χ0n) is 19.7. The molecule has 0 radical (unpaired) electrons. The van der Waals surface area contributed by atoms with Gasteiger partial charge in [0.2, 0.25) is 0 Å². The summed E-state index contributed by atoms with van der Waals surface area (Å²) in [7, 11) is 0. The smallest absolute Gasteiger partial charge is 0.273 e. The molecule has 9 nitrogen and oxygen atoms in total. The molecule has 1 saturated carbocycles. The summed E-state index contributed by atoms with van der Waals surface area (Å²) in [6, 6.07) is 3.75. The molecule has 1 aliphatic carbocycles. The van der Waals surface area contributed by atoms with Gasteiger partial charge in [0.15, 0.2) is 11.5 Å². The number of amides is 1. The second-order valence-electron chi connectivity index (χ2n) is 9.19. The van der Waals surface area contributed by atoms with E-state index in [0.29, 0.717) is 18.2 Å². The number of carbonyl (C=O) groups excluding carboxylic acids is 1. The molecule has 0 aliphatic heterocycles. The van der Waals surface area contributed by atoms with Gasteiger partial charge in [-0.1, -0.05) is 36.2 Å². The second kappa shape index (κ2) is 9.02. The van der Waals surface area contributed by atoms with Crippen LogP contribution >= 0.6 is 11.6 Å². The Labute approximate surface area is 210 Å². The van der Waals surface area contributed by atoms with E-state index in [2.05, 4.69) is 44.2 Å². The van der Waals surface area contributed by atoms with Crippen LogP contribution in [0.25, 0.3) is 11.2 Å². The minimum atomic E-state index is -0.578. The first-order valence-corrected chi connectivity index (χ1v) is 12.4. The summed E-state index contributed by atoms with van der Waals surface area (Å²) in [5.41, 5.74) is 5.20. The first kappa shape index (κ1) is 22.7. The lowest BCUT2D eigenvalue weighted by Gasteiger charge is -2.06. The van der Waals surface area contributed by atoms with Gasteiger partial charge < -0.3 is 14.1 Å². The first-order chi connectivity index (χ1) is 17.5. The summed E-state index contributed by atoms with van der Waals surface area (Å²) in [4.78, 5) is 21.7. The zero-order chi connectivity index (χ0) is 24.8. The molecule has 0 spiro atoms. The Balaban J connectivity index is 1.17. The summed E-state index contributed by atoms with van der Waals surface area (Å²) in [5, 5.41) is 10.8. The molecule has 5 aromatic rings. The maximum Gasteiger partial charge on any atom is 0.273 e. The highest BCUT2D eigenvalue weighted by atomic mass is 35.5. The van der Waals surface area contributed by atoms with E-state index in [9.17, 15) is 9.18 Å². The van der Waals surface area contributed by atoms with Crippen molar-refractivity contribution in [1.29, 1.82) is 0 Å². The van der Waals surface area contributed by atoms with Crippen LogP contribution in [0.4, 0.5) is 4.39 Å². The van der Waals surface area contributed by atoms with Crippen molar-refractivity contribution >= 4 is 28.7 Å². The van der Waals surface area contributed by atoms with E-state index >= 15 is 0 Å². The molecule has 5 heterocycles. The van der Waals surface area contributed by atoms with Crippen LogP contribution in [0.3, 0.4) is 0 Å². The molecule has 11 heteroatoms. The molecule has 184 valence electrons. The van der Waals surface area contributed by atoms with Gasteiger partial charge in [-0.15, -0.1) is 5.10 Å². The third kappa shape index (κ3) is 4.21. The fraction of sp³-hybridized carbons (Fsp3) is 0.320. The SMILES string of the molecule is CCCc1cc(C2CC2)cn2cc(Cn3cc(C(=O)NCc4ncn5ccc(Cl)c(F)c45)nn3)nc12. The highest BCUT2D eigenvalue weighted by Gasteiger charge is 2.25. The van der Waals surface area contributed by atoms with Crippen LogP contribution in [0.1, 0.15) is 65.1 Å². The van der Waals surface area contributed by atoms with Crippen molar-refractivity contribution in [2.24, 2.45) is 0 Å². The van der Waals surface area contributed by atoms with E-state index in [1.165, 1.54) is 40.8 Å². The number of pyridine rings is 2. The average molecular weight is 507 g/mol. The van der Waals surface area contributed by atoms with Gasteiger partial charge >= 0.3 is 0 Å². The van der Waals surface area contributed by atoms with Crippen molar-refractivity contribution < 1.29 is 9.18 Å². The maximum absolute atomic E-state index is 14.4. The average Bonchev–Trinajstić information content (AvgIpc) is 3.27. The lowest BCUT2D eigenvalue weighted by atomic mass is 10.1.